The van der Waals surface area contributed by atoms with E-state index in [-0.39, 0.29) is 19.6 Å². The van der Waals surface area contributed by atoms with Gasteiger partial charge in [-0.05, 0) is 6.92 Å². The molecule has 0 saturated carbocycles. The Balaban J connectivity index is 2.56. The van der Waals surface area contributed by atoms with Crippen molar-refractivity contribution in [2.45, 2.75) is 25.1 Å². The molecule has 1 aliphatic rings. The van der Waals surface area contributed by atoms with Crippen molar-refractivity contribution in [1.82, 2.24) is 0 Å². The third-order valence-corrected chi connectivity index (χ3v) is 2.27. The van der Waals surface area contributed by atoms with Crippen LogP contribution in [0.5, 0.6) is 0 Å². The Kier molecular flexibility index (Phi) is 4.15. The fraction of sp³-hybridized carbons (Fsp3) is 0.889. The number of ether oxygens (including phenoxy) is 3. The molecule has 1 saturated heterocycles. The van der Waals surface area contributed by atoms with E-state index in [1.165, 1.54) is 0 Å². The van der Waals surface area contributed by atoms with E-state index in [4.69, 9.17) is 0 Å². The number of hydrogen-bond acceptors (Lipinski definition) is 4. The van der Waals surface area contributed by atoms with Gasteiger partial charge in [-0.1, -0.05) is 0 Å². The van der Waals surface area contributed by atoms with Crippen molar-refractivity contribution < 1.29 is 32.2 Å². The molecule has 1 fully saturated rings. The zero-order valence-electron chi connectivity index (χ0n) is 8.80. The SMILES string of the molecule is CCOC(=O)COC1(C(F)(F)F)CCOC1. The number of halogens is 3. The summed E-state index contributed by atoms with van der Waals surface area (Å²) in [4.78, 5) is 10.9. The maximum Gasteiger partial charge on any atom is 0.419 e. The molecule has 0 aromatic carbocycles. The minimum absolute atomic E-state index is 0.0255. The summed E-state index contributed by atoms with van der Waals surface area (Å²) in [6.45, 7) is 0.364. The van der Waals surface area contributed by atoms with Crippen LogP contribution in [-0.4, -0.2) is 44.2 Å². The minimum atomic E-state index is -4.55. The monoisotopic (exact) mass is 242 g/mol. The normalized spacial score (nSPS) is 25.8. The number of esters is 1. The molecule has 1 atom stereocenters. The van der Waals surface area contributed by atoms with E-state index < -0.39 is 31.0 Å². The maximum atomic E-state index is 12.7. The van der Waals surface area contributed by atoms with Gasteiger partial charge < -0.3 is 14.2 Å². The first-order chi connectivity index (χ1) is 7.41. The summed E-state index contributed by atoms with van der Waals surface area (Å²) in [7, 11) is 0. The Morgan fingerprint density at radius 1 is 1.50 bits per heavy atom. The minimum Gasteiger partial charge on any atom is -0.464 e. The van der Waals surface area contributed by atoms with Gasteiger partial charge in [0.05, 0.1) is 13.2 Å². The summed E-state index contributed by atoms with van der Waals surface area (Å²) < 4.78 is 51.9. The van der Waals surface area contributed by atoms with E-state index in [9.17, 15) is 18.0 Å². The summed E-state index contributed by atoms with van der Waals surface area (Å²) in [6.07, 6.45) is -4.84. The first-order valence-electron chi connectivity index (χ1n) is 4.85. The van der Waals surface area contributed by atoms with Crippen molar-refractivity contribution >= 4 is 5.97 Å². The van der Waals surface area contributed by atoms with Gasteiger partial charge in [0, 0.05) is 13.0 Å². The number of carbonyl (C=O) groups is 1. The molecule has 16 heavy (non-hydrogen) atoms. The third-order valence-electron chi connectivity index (χ3n) is 2.27. The molecule has 1 heterocycles. The van der Waals surface area contributed by atoms with Crippen LogP contribution in [-0.2, 0) is 19.0 Å². The van der Waals surface area contributed by atoms with Crippen molar-refractivity contribution in [3.63, 3.8) is 0 Å². The standard InChI is InChI=1S/C9H13F3O4/c1-2-15-7(13)5-16-8(9(10,11)12)3-4-14-6-8/h2-6H2,1H3. The topological polar surface area (TPSA) is 44.8 Å². The number of hydrogen-bond donors (Lipinski definition) is 0. The van der Waals surface area contributed by atoms with Crippen molar-refractivity contribution in [2.75, 3.05) is 26.4 Å². The van der Waals surface area contributed by atoms with Gasteiger partial charge in [0.2, 0.25) is 0 Å². The van der Waals surface area contributed by atoms with Crippen LogP contribution in [0.1, 0.15) is 13.3 Å². The molecule has 0 radical (unpaired) electrons. The molecular weight excluding hydrogens is 229 g/mol. The lowest BCUT2D eigenvalue weighted by Gasteiger charge is -2.29. The number of alkyl halides is 3. The number of carbonyl (C=O) groups excluding carboxylic acids is 1. The van der Waals surface area contributed by atoms with Crippen molar-refractivity contribution in [2.24, 2.45) is 0 Å². The van der Waals surface area contributed by atoms with Gasteiger partial charge in [-0.25, -0.2) is 4.79 Å². The van der Waals surface area contributed by atoms with E-state index in [0.29, 0.717) is 0 Å². The van der Waals surface area contributed by atoms with Gasteiger partial charge in [-0.2, -0.15) is 13.2 Å². The summed E-state index contributed by atoms with van der Waals surface area (Å²) in [6, 6.07) is 0. The highest BCUT2D eigenvalue weighted by Crippen LogP contribution is 2.39. The molecule has 0 aromatic heterocycles. The summed E-state index contributed by atoms with van der Waals surface area (Å²) in [5, 5.41) is 0. The summed E-state index contributed by atoms with van der Waals surface area (Å²) in [5.41, 5.74) is -2.36. The Hall–Kier alpha value is -0.820. The quantitative estimate of drug-likeness (QED) is 0.697. The van der Waals surface area contributed by atoms with E-state index in [1.807, 2.05) is 0 Å². The zero-order chi connectivity index (χ0) is 12.2. The van der Waals surface area contributed by atoms with E-state index in [2.05, 4.69) is 14.2 Å². The van der Waals surface area contributed by atoms with Gasteiger partial charge in [0.1, 0.15) is 6.61 Å². The first kappa shape index (κ1) is 13.2. The van der Waals surface area contributed by atoms with Crippen LogP contribution >= 0.6 is 0 Å². The Bertz CT molecular complexity index is 246. The van der Waals surface area contributed by atoms with Crippen LogP contribution in [0.4, 0.5) is 13.2 Å². The third kappa shape index (κ3) is 2.85. The highest BCUT2D eigenvalue weighted by molar-refractivity contribution is 5.70. The predicted octanol–water partition coefficient (Wildman–Crippen LogP) is 1.29. The van der Waals surface area contributed by atoms with Crippen LogP contribution in [0.25, 0.3) is 0 Å². The molecule has 4 nitrogen and oxygen atoms in total. The van der Waals surface area contributed by atoms with Crippen LogP contribution in [0.2, 0.25) is 0 Å². The second-order valence-electron chi connectivity index (χ2n) is 3.39. The first-order valence-corrected chi connectivity index (χ1v) is 4.85. The number of rotatable bonds is 4. The highest BCUT2D eigenvalue weighted by Gasteiger charge is 2.58. The van der Waals surface area contributed by atoms with E-state index in [1.54, 1.807) is 6.92 Å². The Labute approximate surface area is 90.7 Å². The smallest absolute Gasteiger partial charge is 0.419 e. The van der Waals surface area contributed by atoms with Gasteiger partial charge >= 0.3 is 12.1 Å². The highest BCUT2D eigenvalue weighted by atomic mass is 19.4. The van der Waals surface area contributed by atoms with Crippen molar-refractivity contribution in [3.05, 3.63) is 0 Å². The average molecular weight is 242 g/mol. The fourth-order valence-corrected chi connectivity index (χ4v) is 1.37. The lowest BCUT2D eigenvalue weighted by Crippen LogP contribution is -2.49. The largest absolute Gasteiger partial charge is 0.464 e. The van der Waals surface area contributed by atoms with E-state index in [0.717, 1.165) is 0 Å². The predicted molar refractivity (Wildman–Crippen MR) is 46.8 cm³/mol. The van der Waals surface area contributed by atoms with Crippen LogP contribution in [0.3, 0.4) is 0 Å². The second-order valence-corrected chi connectivity index (χ2v) is 3.39. The Morgan fingerprint density at radius 3 is 2.62 bits per heavy atom. The van der Waals surface area contributed by atoms with Gasteiger partial charge in [-0.15, -0.1) is 0 Å². The summed E-state index contributed by atoms with van der Waals surface area (Å²) >= 11 is 0. The molecule has 0 amide bonds. The van der Waals surface area contributed by atoms with Gasteiger partial charge in [0.25, 0.3) is 0 Å². The molecule has 0 aromatic rings. The second kappa shape index (κ2) is 5.01. The molecule has 1 unspecified atom stereocenters. The van der Waals surface area contributed by atoms with Gasteiger partial charge in [0.15, 0.2) is 5.60 Å². The maximum absolute atomic E-state index is 12.7. The molecule has 0 aliphatic carbocycles. The molecule has 1 aliphatic heterocycles. The molecular formula is C9H13F3O4. The van der Waals surface area contributed by atoms with Crippen LogP contribution in [0.15, 0.2) is 0 Å². The lowest BCUT2D eigenvalue weighted by molar-refractivity contribution is -0.275. The molecule has 7 heteroatoms. The molecule has 1 rings (SSSR count). The van der Waals surface area contributed by atoms with Crippen LogP contribution in [0, 0.1) is 0 Å². The fourth-order valence-electron chi connectivity index (χ4n) is 1.37. The van der Waals surface area contributed by atoms with Crippen LogP contribution < -0.4 is 0 Å². The molecule has 0 bridgehead atoms. The van der Waals surface area contributed by atoms with Crippen molar-refractivity contribution in [3.8, 4) is 0 Å². The zero-order valence-corrected chi connectivity index (χ0v) is 8.80. The lowest BCUT2D eigenvalue weighted by atomic mass is 10.0. The summed E-state index contributed by atoms with van der Waals surface area (Å²) in [5.74, 6) is -0.807. The van der Waals surface area contributed by atoms with Crippen molar-refractivity contribution in [1.29, 1.82) is 0 Å². The van der Waals surface area contributed by atoms with Gasteiger partial charge in [-0.3, -0.25) is 0 Å². The average Bonchev–Trinajstić information content (AvgIpc) is 2.64. The molecule has 0 N–H and O–H groups in total. The molecule has 0 spiro atoms. The van der Waals surface area contributed by atoms with E-state index >= 15 is 0 Å². The molecule has 94 valence electrons. The Morgan fingerprint density at radius 2 is 2.19 bits per heavy atom.